The first-order valence-corrected chi connectivity index (χ1v) is 7.73. The van der Waals surface area contributed by atoms with Gasteiger partial charge in [0.15, 0.2) is 0 Å². The molecule has 1 atom stereocenters. The number of ether oxygens (including phenoxy) is 1. The summed E-state index contributed by atoms with van der Waals surface area (Å²) in [5.41, 5.74) is -1.44. The molecule has 1 unspecified atom stereocenters. The highest BCUT2D eigenvalue weighted by Crippen LogP contribution is 2.22. The van der Waals surface area contributed by atoms with E-state index in [4.69, 9.17) is 9.15 Å². The summed E-state index contributed by atoms with van der Waals surface area (Å²) in [6.07, 6.45) is 1.42. The summed E-state index contributed by atoms with van der Waals surface area (Å²) in [6.45, 7) is 1.26. The fourth-order valence-corrected chi connectivity index (χ4v) is 2.93. The van der Waals surface area contributed by atoms with E-state index >= 15 is 0 Å². The SMILES string of the molecule is COc1cccc(S(=O)(=O)NCC(C)(O)c2ccco2)c1. The van der Waals surface area contributed by atoms with Crippen LogP contribution in [0.3, 0.4) is 0 Å². The molecule has 7 heteroatoms. The first-order valence-electron chi connectivity index (χ1n) is 6.25. The highest BCUT2D eigenvalue weighted by atomic mass is 32.2. The molecular weight excluding hydrogens is 294 g/mol. The van der Waals surface area contributed by atoms with Gasteiger partial charge in [-0.3, -0.25) is 0 Å². The van der Waals surface area contributed by atoms with Crippen LogP contribution in [0.1, 0.15) is 12.7 Å². The molecule has 0 radical (unpaired) electrons. The van der Waals surface area contributed by atoms with Crippen LogP contribution in [0.2, 0.25) is 0 Å². The summed E-state index contributed by atoms with van der Waals surface area (Å²) in [7, 11) is -2.29. The molecule has 0 aliphatic rings. The molecule has 114 valence electrons. The van der Waals surface area contributed by atoms with Crippen LogP contribution in [-0.4, -0.2) is 27.2 Å². The summed E-state index contributed by atoms with van der Waals surface area (Å²) >= 11 is 0. The highest BCUT2D eigenvalue weighted by molar-refractivity contribution is 7.89. The zero-order valence-corrected chi connectivity index (χ0v) is 12.6. The van der Waals surface area contributed by atoms with E-state index < -0.39 is 15.6 Å². The van der Waals surface area contributed by atoms with Gasteiger partial charge in [0.05, 0.1) is 18.3 Å². The van der Waals surface area contributed by atoms with Crippen LogP contribution in [0.25, 0.3) is 0 Å². The van der Waals surface area contributed by atoms with Crippen LogP contribution in [0.15, 0.2) is 52.0 Å². The molecule has 0 amide bonds. The summed E-state index contributed by atoms with van der Waals surface area (Å²) < 4.78 is 36.9. The Hall–Kier alpha value is -1.83. The van der Waals surface area contributed by atoms with Crippen molar-refractivity contribution < 1.29 is 22.7 Å². The molecule has 0 spiro atoms. The zero-order chi connectivity index (χ0) is 15.5. The fraction of sp³-hybridized carbons (Fsp3) is 0.286. The average molecular weight is 311 g/mol. The zero-order valence-electron chi connectivity index (χ0n) is 11.7. The number of aliphatic hydroxyl groups is 1. The molecular formula is C14H17NO5S. The Balaban J connectivity index is 2.14. The van der Waals surface area contributed by atoms with E-state index in [2.05, 4.69) is 4.72 Å². The molecule has 0 saturated carbocycles. The van der Waals surface area contributed by atoms with Gasteiger partial charge in [-0.1, -0.05) is 6.07 Å². The van der Waals surface area contributed by atoms with Gasteiger partial charge in [0.2, 0.25) is 10.0 Å². The van der Waals surface area contributed by atoms with E-state index in [-0.39, 0.29) is 17.2 Å². The summed E-state index contributed by atoms with van der Waals surface area (Å²) in [4.78, 5) is 0.0668. The molecule has 0 aliphatic heterocycles. The molecule has 21 heavy (non-hydrogen) atoms. The third-order valence-electron chi connectivity index (χ3n) is 3.01. The number of nitrogens with one attached hydrogen (secondary N) is 1. The number of rotatable bonds is 6. The molecule has 0 saturated heterocycles. The largest absolute Gasteiger partial charge is 0.497 e. The van der Waals surface area contributed by atoms with Gasteiger partial charge in [0, 0.05) is 12.6 Å². The van der Waals surface area contributed by atoms with Crippen molar-refractivity contribution in [1.82, 2.24) is 4.72 Å². The molecule has 1 aromatic heterocycles. The van der Waals surface area contributed by atoms with E-state index in [0.29, 0.717) is 5.75 Å². The molecule has 0 fully saturated rings. The number of hydrogen-bond acceptors (Lipinski definition) is 5. The van der Waals surface area contributed by atoms with Gasteiger partial charge in [-0.2, -0.15) is 0 Å². The fourth-order valence-electron chi connectivity index (χ4n) is 1.76. The second kappa shape index (κ2) is 5.88. The van der Waals surface area contributed by atoms with Gasteiger partial charge in [0.1, 0.15) is 17.1 Å². The van der Waals surface area contributed by atoms with Crippen molar-refractivity contribution in [2.45, 2.75) is 17.4 Å². The Morgan fingerprint density at radius 3 is 2.71 bits per heavy atom. The predicted octanol–water partition coefficient (Wildman–Crippen LogP) is 1.47. The minimum Gasteiger partial charge on any atom is -0.497 e. The second-order valence-corrected chi connectivity index (χ2v) is 6.52. The van der Waals surface area contributed by atoms with Crippen LogP contribution < -0.4 is 9.46 Å². The Bertz CT molecular complexity index is 692. The lowest BCUT2D eigenvalue weighted by atomic mass is 10.1. The first-order chi connectivity index (χ1) is 9.85. The standard InChI is InChI=1S/C14H17NO5S/c1-14(16,13-7-4-8-20-13)10-15-21(17,18)12-6-3-5-11(9-12)19-2/h3-9,15-16H,10H2,1-2H3. The lowest BCUT2D eigenvalue weighted by Gasteiger charge is -2.21. The van der Waals surface area contributed by atoms with Gasteiger partial charge in [-0.05, 0) is 31.2 Å². The van der Waals surface area contributed by atoms with Crippen molar-refractivity contribution in [3.63, 3.8) is 0 Å². The van der Waals surface area contributed by atoms with Crippen LogP contribution in [0.5, 0.6) is 5.75 Å². The normalized spacial score (nSPS) is 14.6. The van der Waals surface area contributed by atoms with Gasteiger partial charge >= 0.3 is 0 Å². The van der Waals surface area contributed by atoms with Crippen molar-refractivity contribution in [3.8, 4) is 5.75 Å². The second-order valence-electron chi connectivity index (χ2n) is 4.75. The Labute approximate surface area is 123 Å². The lowest BCUT2D eigenvalue weighted by Crippen LogP contribution is -2.38. The molecule has 2 aromatic rings. The molecule has 0 bridgehead atoms. The Morgan fingerprint density at radius 2 is 2.10 bits per heavy atom. The number of hydrogen-bond donors (Lipinski definition) is 2. The highest BCUT2D eigenvalue weighted by Gasteiger charge is 2.28. The third-order valence-corrected chi connectivity index (χ3v) is 4.41. The Morgan fingerprint density at radius 1 is 1.33 bits per heavy atom. The number of sulfonamides is 1. The van der Waals surface area contributed by atoms with Crippen molar-refractivity contribution >= 4 is 10.0 Å². The average Bonchev–Trinajstić information content (AvgIpc) is 3.01. The Kier molecular flexibility index (Phi) is 4.36. The van der Waals surface area contributed by atoms with E-state index in [1.54, 1.807) is 24.3 Å². The van der Waals surface area contributed by atoms with E-state index in [1.165, 1.54) is 32.4 Å². The molecule has 0 aliphatic carbocycles. The van der Waals surface area contributed by atoms with E-state index in [1.807, 2.05) is 0 Å². The summed E-state index contributed by atoms with van der Waals surface area (Å²) in [6, 6.07) is 9.30. The van der Waals surface area contributed by atoms with Gasteiger partial charge in [-0.25, -0.2) is 13.1 Å². The maximum Gasteiger partial charge on any atom is 0.240 e. The summed E-state index contributed by atoms with van der Waals surface area (Å²) in [5, 5.41) is 10.2. The minimum atomic E-state index is -3.75. The van der Waals surface area contributed by atoms with Gasteiger partial charge in [0.25, 0.3) is 0 Å². The van der Waals surface area contributed by atoms with Crippen molar-refractivity contribution in [2.24, 2.45) is 0 Å². The molecule has 2 rings (SSSR count). The molecule has 1 aromatic carbocycles. The van der Waals surface area contributed by atoms with Crippen LogP contribution in [0, 0.1) is 0 Å². The van der Waals surface area contributed by atoms with Crippen molar-refractivity contribution in [1.29, 1.82) is 0 Å². The topological polar surface area (TPSA) is 88.8 Å². The van der Waals surface area contributed by atoms with Gasteiger partial charge in [-0.15, -0.1) is 0 Å². The van der Waals surface area contributed by atoms with Gasteiger partial charge < -0.3 is 14.3 Å². The molecule has 6 nitrogen and oxygen atoms in total. The maximum atomic E-state index is 12.2. The number of methoxy groups -OCH3 is 1. The van der Waals surface area contributed by atoms with Crippen LogP contribution in [0.4, 0.5) is 0 Å². The maximum absolute atomic E-state index is 12.2. The lowest BCUT2D eigenvalue weighted by molar-refractivity contribution is 0.0395. The number of furan rings is 1. The first kappa shape index (κ1) is 15.6. The monoisotopic (exact) mass is 311 g/mol. The van der Waals surface area contributed by atoms with Crippen LogP contribution >= 0.6 is 0 Å². The predicted molar refractivity (Wildman–Crippen MR) is 76.5 cm³/mol. The van der Waals surface area contributed by atoms with Crippen molar-refractivity contribution in [3.05, 3.63) is 48.4 Å². The minimum absolute atomic E-state index is 0.0668. The smallest absolute Gasteiger partial charge is 0.240 e. The quantitative estimate of drug-likeness (QED) is 0.843. The summed E-state index contributed by atoms with van der Waals surface area (Å²) in [5.74, 6) is 0.728. The van der Waals surface area contributed by atoms with Crippen molar-refractivity contribution in [2.75, 3.05) is 13.7 Å². The van der Waals surface area contributed by atoms with E-state index in [9.17, 15) is 13.5 Å². The molecule has 1 heterocycles. The third kappa shape index (κ3) is 3.63. The molecule has 2 N–H and O–H groups in total. The number of benzene rings is 1. The van der Waals surface area contributed by atoms with Crippen LogP contribution in [-0.2, 0) is 15.6 Å². The van der Waals surface area contributed by atoms with E-state index in [0.717, 1.165) is 0 Å².